The van der Waals surface area contributed by atoms with E-state index in [2.05, 4.69) is 26.2 Å². The maximum Gasteiger partial charge on any atom is 0.0542 e. The number of hydrogen-bond acceptors (Lipinski definition) is 2. The Morgan fingerprint density at radius 3 is 2.93 bits per heavy atom. The Morgan fingerprint density at radius 1 is 1.57 bits per heavy atom. The van der Waals surface area contributed by atoms with Crippen molar-refractivity contribution in [2.75, 3.05) is 6.54 Å². The highest BCUT2D eigenvalue weighted by Gasteiger charge is 1.96. The number of halogens is 2. The quantitative estimate of drug-likeness (QED) is 0.661. The number of hydrogen-bond donors (Lipinski definition) is 1. The average Bonchev–Trinajstić information content (AvgIpc) is 2.15. The minimum Gasteiger partial charge on any atom is -0.311 e. The van der Waals surface area contributed by atoms with E-state index in [1.807, 2.05) is 19.1 Å². The average molecular weight is 278 g/mol. The summed E-state index contributed by atoms with van der Waals surface area (Å²) in [4.78, 5) is 4.25. The van der Waals surface area contributed by atoms with Gasteiger partial charge in [0.1, 0.15) is 0 Å². The third kappa shape index (κ3) is 4.94. The van der Waals surface area contributed by atoms with Gasteiger partial charge >= 0.3 is 0 Å². The highest BCUT2D eigenvalue weighted by molar-refractivity contribution is 9.10. The highest BCUT2D eigenvalue weighted by Crippen LogP contribution is 2.07. The fraction of sp³-hybridized carbons (Fsp3) is 0.500. The molecule has 1 rings (SSSR count). The Hall–Kier alpha value is -0.120. The van der Waals surface area contributed by atoms with Gasteiger partial charge in [-0.2, -0.15) is 0 Å². The van der Waals surface area contributed by atoms with E-state index in [0.717, 1.165) is 29.7 Å². The predicted molar refractivity (Wildman–Crippen MR) is 63.6 cm³/mol. The van der Waals surface area contributed by atoms with Gasteiger partial charge in [0.15, 0.2) is 0 Å². The summed E-state index contributed by atoms with van der Waals surface area (Å²) in [6, 6.07) is 4.00. The Kier molecular flexibility index (Phi) is 5.45. The van der Waals surface area contributed by atoms with Crippen LogP contribution in [0.3, 0.4) is 0 Å². The Labute approximate surface area is 98.2 Å². The van der Waals surface area contributed by atoms with E-state index >= 15 is 0 Å². The van der Waals surface area contributed by atoms with E-state index in [0.29, 0.717) is 0 Å². The smallest absolute Gasteiger partial charge is 0.0542 e. The molecule has 0 bridgehead atoms. The number of nitrogens with zero attached hydrogens (tertiary/aromatic N) is 1. The zero-order chi connectivity index (χ0) is 10.4. The van der Waals surface area contributed by atoms with Crippen LogP contribution in [0.5, 0.6) is 0 Å². The molecule has 1 heterocycles. The van der Waals surface area contributed by atoms with Gasteiger partial charge in [0.25, 0.3) is 0 Å². The molecule has 1 N–H and O–H groups in total. The molecule has 4 heteroatoms. The molecule has 1 unspecified atom stereocenters. The minimum atomic E-state index is 0.236. The van der Waals surface area contributed by atoms with Gasteiger partial charge < -0.3 is 5.32 Å². The summed E-state index contributed by atoms with van der Waals surface area (Å²) < 4.78 is 1.01. The van der Waals surface area contributed by atoms with Crippen LogP contribution in [-0.4, -0.2) is 16.9 Å². The molecule has 1 aromatic rings. The number of pyridine rings is 1. The fourth-order valence-electron chi connectivity index (χ4n) is 1.03. The van der Waals surface area contributed by atoms with Crippen molar-refractivity contribution in [3.05, 3.63) is 28.5 Å². The third-order valence-electron chi connectivity index (χ3n) is 1.81. The first-order chi connectivity index (χ1) is 6.68. The second kappa shape index (κ2) is 6.38. The summed E-state index contributed by atoms with van der Waals surface area (Å²) in [6.07, 6.45) is 2.79. The molecule has 0 aliphatic heterocycles. The number of alkyl halides is 1. The molecule has 0 aromatic carbocycles. The lowest BCUT2D eigenvalue weighted by molar-refractivity contribution is 0.636. The molecule has 0 saturated carbocycles. The maximum absolute atomic E-state index is 5.82. The van der Waals surface area contributed by atoms with E-state index in [1.165, 1.54) is 0 Å². The van der Waals surface area contributed by atoms with Gasteiger partial charge in [-0.1, -0.05) is 0 Å². The molecule has 0 aliphatic rings. The summed E-state index contributed by atoms with van der Waals surface area (Å²) >= 11 is 9.16. The molecule has 0 aliphatic carbocycles. The van der Waals surface area contributed by atoms with Crippen LogP contribution in [0.1, 0.15) is 19.0 Å². The van der Waals surface area contributed by atoms with Crippen molar-refractivity contribution in [2.24, 2.45) is 0 Å². The zero-order valence-corrected chi connectivity index (χ0v) is 10.5. The van der Waals surface area contributed by atoms with Crippen molar-refractivity contribution >= 4 is 27.5 Å². The van der Waals surface area contributed by atoms with Crippen LogP contribution in [0.15, 0.2) is 22.8 Å². The van der Waals surface area contributed by atoms with Crippen molar-refractivity contribution in [3.8, 4) is 0 Å². The van der Waals surface area contributed by atoms with Crippen LogP contribution in [0.25, 0.3) is 0 Å². The molecule has 0 spiro atoms. The van der Waals surface area contributed by atoms with Gasteiger partial charge in [0.2, 0.25) is 0 Å². The topological polar surface area (TPSA) is 24.9 Å². The Balaban J connectivity index is 2.21. The lowest BCUT2D eigenvalue weighted by atomic mass is 10.3. The van der Waals surface area contributed by atoms with Crippen LogP contribution in [0, 0.1) is 0 Å². The number of rotatable bonds is 5. The van der Waals surface area contributed by atoms with Gasteiger partial charge in [0, 0.05) is 22.6 Å². The van der Waals surface area contributed by atoms with Crippen LogP contribution in [0.2, 0.25) is 0 Å². The molecule has 0 saturated heterocycles. The van der Waals surface area contributed by atoms with Crippen LogP contribution in [-0.2, 0) is 6.54 Å². The van der Waals surface area contributed by atoms with Gasteiger partial charge in [0.05, 0.1) is 5.69 Å². The first kappa shape index (κ1) is 12.0. The van der Waals surface area contributed by atoms with E-state index < -0.39 is 0 Å². The van der Waals surface area contributed by atoms with Gasteiger partial charge in [-0.25, -0.2) is 0 Å². The van der Waals surface area contributed by atoms with E-state index in [4.69, 9.17) is 11.6 Å². The fourth-order valence-corrected chi connectivity index (χ4v) is 1.37. The summed E-state index contributed by atoms with van der Waals surface area (Å²) in [5.74, 6) is 0. The van der Waals surface area contributed by atoms with Crippen molar-refractivity contribution in [2.45, 2.75) is 25.3 Å². The second-order valence-corrected chi connectivity index (χ2v) is 4.87. The standard InChI is InChI=1S/C10H14BrClN2/c1-8(12)4-5-13-7-10-3-2-9(11)6-14-10/h2-3,6,8,13H,4-5,7H2,1H3. The molecule has 78 valence electrons. The largest absolute Gasteiger partial charge is 0.311 e. The van der Waals surface area contributed by atoms with Crippen LogP contribution in [0.4, 0.5) is 0 Å². The molecular formula is C10H14BrClN2. The van der Waals surface area contributed by atoms with Crippen molar-refractivity contribution in [1.82, 2.24) is 10.3 Å². The Bertz CT molecular complexity index is 261. The first-order valence-electron chi connectivity index (χ1n) is 4.63. The van der Waals surface area contributed by atoms with Crippen LogP contribution < -0.4 is 5.32 Å². The van der Waals surface area contributed by atoms with Crippen molar-refractivity contribution in [3.63, 3.8) is 0 Å². The molecule has 0 radical (unpaired) electrons. The lowest BCUT2D eigenvalue weighted by Crippen LogP contribution is -2.17. The first-order valence-corrected chi connectivity index (χ1v) is 5.86. The molecule has 14 heavy (non-hydrogen) atoms. The van der Waals surface area contributed by atoms with Crippen molar-refractivity contribution < 1.29 is 0 Å². The monoisotopic (exact) mass is 276 g/mol. The summed E-state index contributed by atoms with van der Waals surface area (Å²) in [6.45, 7) is 3.74. The molecule has 1 atom stereocenters. The molecule has 0 amide bonds. The molecule has 1 aromatic heterocycles. The maximum atomic E-state index is 5.82. The second-order valence-electron chi connectivity index (χ2n) is 3.21. The summed E-state index contributed by atoms with van der Waals surface area (Å²) in [5, 5.41) is 3.53. The van der Waals surface area contributed by atoms with Crippen molar-refractivity contribution in [1.29, 1.82) is 0 Å². The normalized spacial score (nSPS) is 12.8. The van der Waals surface area contributed by atoms with E-state index in [-0.39, 0.29) is 5.38 Å². The van der Waals surface area contributed by atoms with Gasteiger partial charge in [-0.3, -0.25) is 4.98 Å². The van der Waals surface area contributed by atoms with E-state index in [9.17, 15) is 0 Å². The molecular weight excluding hydrogens is 263 g/mol. The third-order valence-corrected chi connectivity index (χ3v) is 2.50. The minimum absolute atomic E-state index is 0.236. The van der Waals surface area contributed by atoms with Gasteiger partial charge in [-0.05, 0) is 48.0 Å². The number of nitrogens with one attached hydrogen (secondary N) is 1. The van der Waals surface area contributed by atoms with E-state index in [1.54, 1.807) is 6.20 Å². The van der Waals surface area contributed by atoms with Gasteiger partial charge in [-0.15, -0.1) is 11.6 Å². The summed E-state index contributed by atoms with van der Waals surface area (Å²) in [7, 11) is 0. The zero-order valence-electron chi connectivity index (χ0n) is 8.13. The molecule has 0 fully saturated rings. The van der Waals surface area contributed by atoms with Crippen LogP contribution >= 0.6 is 27.5 Å². The lowest BCUT2D eigenvalue weighted by Gasteiger charge is -2.05. The molecule has 2 nitrogen and oxygen atoms in total. The summed E-state index contributed by atoms with van der Waals surface area (Å²) in [5.41, 5.74) is 1.05. The SMILES string of the molecule is CC(Cl)CCNCc1ccc(Br)cn1. The number of aromatic nitrogens is 1. The highest BCUT2D eigenvalue weighted by atomic mass is 79.9. The Morgan fingerprint density at radius 2 is 2.36 bits per heavy atom. The predicted octanol–water partition coefficient (Wildman–Crippen LogP) is 2.95.